The fraction of sp³-hybridized carbons (Fsp3) is 0.722. The molecule has 2 aliphatic rings. The van der Waals surface area contributed by atoms with Crippen molar-refractivity contribution in [1.82, 2.24) is 15.1 Å². The molecule has 0 bridgehead atoms. The Morgan fingerprint density at radius 3 is 2.80 bits per heavy atom. The molecule has 25 heavy (non-hydrogen) atoms. The van der Waals surface area contributed by atoms with E-state index in [2.05, 4.69) is 10.4 Å². The number of carbonyl (C=O) groups excluding carboxylic acids is 2. The molecule has 0 unspecified atom stereocenters. The number of methoxy groups -OCH3 is 1. The lowest BCUT2D eigenvalue weighted by molar-refractivity contribution is -0.193. The van der Waals surface area contributed by atoms with Crippen molar-refractivity contribution < 1.29 is 19.1 Å². The molecule has 0 saturated heterocycles. The Bertz CT molecular complexity index is 682. The molecule has 1 fully saturated rings. The number of aryl methyl sites for hydroxylation is 1. The van der Waals surface area contributed by atoms with Crippen molar-refractivity contribution in [1.29, 1.82) is 0 Å². The van der Waals surface area contributed by atoms with Gasteiger partial charge in [-0.3, -0.25) is 9.48 Å². The van der Waals surface area contributed by atoms with Crippen molar-refractivity contribution in [2.24, 2.45) is 5.41 Å². The van der Waals surface area contributed by atoms with Crippen molar-refractivity contribution in [2.45, 2.75) is 64.6 Å². The normalized spacial score (nSPS) is 27.1. The quantitative estimate of drug-likeness (QED) is 0.818. The van der Waals surface area contributed by atoms with E-state index in [0.29, 0.717) is 18.6 Å². The highest BCUT2D eigenvalue weighted by molar-refractivity contribution is 5.99. The number of amides is 1. The van der Waals surface area contributed by atoms with Gasteiger partial charge in [-0.05, 0) is 26.2 Å². The topological polar surface area (TPSA) is 82.5 Å². The molecule has 1 amide bonds. The lowest BCUT2D eigenvalue weighted by atomic mass is 9.54. The molecule has 7 heteroatoms. The summed E-state index contributed by atoms with van der Waals surface area (Å²) in [4.78, 5) is 25.5. The smallest absolute Gasteiger partial charge is 0.332 e. The number of hydrogen-bond acceptors (Lipinski definition) is 5. The van der Waals surface area contributed by atoms with Crippen molar-refractivity contribution in [2.75, 3.05) is 13.7 Å². The zero-order valence-corrected chi connectivity index (χ0v) is 15.4. The van der Waals surface area contributed by atoms with Crippen LogP contribution in [0.15, 0.2) is 6.20 Å². The molecule has 1 aliphatic heterocycles. The van der Waals surface area contributed by atoms with Crippen LogP contribution in [0.25, 0.3) is 0 Å². The number of rotatable bonds is 5. The minimum absolute atomic E-state index is 0.0991. The van der Waals surface area contributed by atoms with Gasteiger partial charge in [-0.2, -0.15) is 5.10 Å². The lowest BCUT2D eigenvalue weighted by Crippen LogP contribution is -2.76. The van der Waals surface area contributed by atoms with E-state index in [9.17, 15) is 9.59 Å². The lowest BCUT2D eigenvalue weighted by Gasteiger charge is -2.58. The number of carbonyl (C=O) groups is 2. The predicted molar refractivity (Wildman–Crippen MR) is 91.2 cm³/mol. The van der Waals surface area contributed by atoms with Crippen LogP contribution in [0.2, 0.25) is 0 Å². The predicted octanol–water partition coefficient (Wildman–Crippen LogP) is 1.70. The summed E-state index contributed by atoms with van der Waals surface area (Å²) < 4.78 is 12.6. The van der Waals surface area contributed by atoms with Crippen LogP contribution in [0, 0.1) is 5.41 Å². The largest absolute Gasteiger partial charge is 0.467 e. The fourth-order valence-corrected chi connectivity index (χ4v) is 4.06. The molecule has 2 atom stereocenters. The van der Waals surface area contributed by atoms with Crippen molar-refractivity contribution >= 4 is 11.9 Å². The summed E-state index contributed by atoms with van der Waals surface area (Å²) in [6, 6.07) is 0. The van der Waals surface area contributed by atoms with Gasteiger partial charge in [0, 0.05) is 25.0 Å². The summed E-state index contributed by atoms with van der Waals surface area (Å²) in [5.41, 5.74) is -0.137. The number of hydrogen-bond donors (Lipinski definition) is 1. The van der Waals surface area contributed by atoms with E-state index in [0.717, 1.165) is 31.5 Å². The zero-order chi connectivity index (χ0) is 18.2. The van der Waals surface area contributed by atoms with E-state index in [1.807, 2.05) is 25.5 Å². The number of fused-ring (bicyclic) bond motifs is 1. The standard InChI is InChI=1S/C18H27N3O4/c1-5-25-14-10-18(16(23)24-4,17(14,2)3)20-15(22)12-11-19-21-9-7-6-8-13(12)21/h11,14H,5-10H2,1-4H3,(H,20,22)/t14-,18+/m1/s1. The van der Waals surface area contributed by atoms with Gasteiger partial charge in [0.05, 0.1) is 30.7 Å². The maximum Gasteiger partial charge on any atom is 0.332 e. The van der Waals surface area contributed by atoms with Gasteiger partial charge in [0.25, 0.3) is 5.91 Å². The molecule has 1 aliphatic carbocycles. The van der Waals surface area contributed by atoms with Crippen LogP contribution in [0.5, 0.6) is 0 Å². The highest BCUT2D eigenvalue weighted by atomic mass is 16.5. The van der Waals surface area contributed by atoms with Gasteiger partial charge < -0.3 is 14.8 Å². The Hall–Kier alpha value is -1.89. The molecule has 0 spiro atoms. The second-order valence-corrected chi connectivity index (χ2v) is 7.41. The van der Waals surface area contributed by atoms with Crippen LogP contribution < -0.4 is 5.32 Å². The maximum absolute atomic E-state index is 12.9. The van der Waals surface area contributed by atoms with Gasteiger partial charge in [-0.15, -0.1) is 0 Å². The summed E-state index contributed by atoms with van der Waals surface area (Å²) in [6.45, 7) is 7.19. The van der Waals surface area contributed by atoms with E-state index in [-0.39, 0.29) is 12.0 Å². The number of ether oxygens (including phenoxy) is 2. The highest BCUT2D eigenvalue weighted by Crippen LogP contribution is 2.52. The van der Waals surface area contributed by atoms with Gasteiger partial charge in [0.2, 0.25) is 0 Å². The minimum Gasteiger partial charge on any atom is -0.467 e. The molecule has 7 nitrogen and oxygen atoms in total. The van der Waals surface area contributed by atoms with Crippen molar-refractivity contribution in [3.05, 3.63) is 17.5 Å². The van der Waals surface area contributed by atoms with E-state index in [1.165, 1.54) is 7.11 Å². The number of esters is 1. The summed E-state index contributed by atoms with van der Waals surface area (Å²) in [6.07, 6.45) is 4.87. The monoisotopic (exact) mass is 349 g/mol. The van der Waals surface area contributed by atoms with Crippen LogP contribution >= 0.6 is 0 Å². The SMILES string of the molecule is CCO[C@@H]1C[C@](NC(=O)c2cnn3c2CCCC3)(C(=O)OC)C1(C)C. The Kier molecular flexibility index (Phi) is 4.62. The first-order valence-electron chi connectivity index (χ1n) is 8.94. The van der Waals surface area contributed by atoms with E-state index in [1.54, 1.807) is 6.20 Å². The summed E-state index contributed by atoms with van der Waals surface area (Å²) in [5, 5.41) is 7.28. The number of nitrogens with one attached hydrogen (secondary N) is 1. The summed E-state index contributed by atoms with van der Waals surface area (Å²) in [5.74, 6) is -0.695. The molecule has 1 aromatic heterocycles. The molecular weight excluding hydrogens is 322 g/mol. The maximum atomic E-state index is 12.9. The fourth-order valence-electron chi connectivity index (χ4n) is 4.06. The van der Waals surface area contributed by atoms with E-state index >= 15 is 0 Å². The third-order valence-corrected chi connectivity index (χ3v) is 5.85. The van der Waals surface area contributed by atoms with E-state index in [4.69, 9.17) is 9.47 Å². The molecule has 1 aromatic rings. The third-order valence-electron chi connectivity index (χ3n) is 5.85. The van der Waals surface area contributed by atoms with Crippen molar-refractivity contribution in [3.8, 4) is 0 Å². The first-order valence-corrected chi connectivity index (χ1v) is 8.94. The summed E-state index contributed by atoms with van der Waals surface area (Å²) in [7, 11) is 1.35. The third kappa shape index (κ3) is 2.65. The van der Waals surface area contributed by atoms with Gasteiger partial charge in [-0.25, -0.2) is 4.79 Å². The van der Waals surface area contributed by atoms with Crippen LogP contribution in [-0.2, 0) is 27.2 Å². The average Bonchev–Trinajstić information content (AvgIpc) is 3.04. The van der Waals surface area contributed by atoms with Gasteiger partial charge in [0.15, 0.2) is 0 Å². The summed E-state index contributed by atoms with van der Waals surface area (Å²) >= 11 is 0. The Labute approximate surface area is 148 Å². The second-order valence-electron chi connectivity index (χ2n) is 7.41. The molecule has 2 heterocycles. The Balaban J connectivity index is 1.86. The average molecular weight is 349 g/mol. The van der Waals surface area contributed by atoms with Crippen LogP contribution in [0.3, 0.4) is 0 Å². The minimum atomic E-state index is -1.08. The number of nitrogens with zero attached hydrogens (tertiary/aromatic N) is 2. The molecule has 138 valence electrons. The molecule has 1 N–H and O–H groups in total. The molecule has 3 rings (SSSR count). The second kappa shape index (κ2) is 6.44. The Morgan fingerprint density at radius 2 is 2.16 bits per heavy atom. The highest BCUT2D eigenvalue weighted by Gasteiger charge is 2.67. The zero-order valence-electron chi connectivity index (χ0n) is 15.4. The van der Waals surface area contributed by atoms with Crippen LogP contribution in [0.4, 0.5) is 0 Å². The van der Waals surface area contributed by atoms with Gasteiger partial charge >= 0.3 is 5.97 Å². The Morgan fingerprint density at radius 1 is 1.40 bits per heavy atom. The molecule has 0 aromatic carbocycles. The first-order chi connectivity index (χ1) is 11.9. The van der Waals surface area contributed by atoms with Gasteiger partial charge in [0.1, 0.15) is 5.54 Å². The first kappa shape index (κ1) is 17.9. The van der Waals surface area contributed by atoms with Crippen LogP contribution in [0.1, 0.15) is 56.1 Å². The van der Waals surface area contributed by atoms with Crippen molar-refractivity contribution in [3.63, 3.8) is 0 Å². The number of aromatic nitrogens is 2. The molecule has 1 saturated carbocycles. The molecule has 0 radical (unpaired) electrons. The molecular formula is C18H27N3O4. The van der Waals surface area contributed by atoms with Gasteiger partial charge in [-0.1, -0.05) is 13.8 Å². The van der Waals surface area contributed by atoms with Crippen LogP contribution in [-0.4, -0.2) is 47.0 Å². The van der Waals surface area contributed by atoms with E-state index < -0.39 is 16.9 Å².